The Kier molecular flexibility index (Phi) is 5.13. The lowest BCUT2D eigenvalue weighted by molar-refractivity contribution is -0.274. The normalized spacial score (nSPS) is 18.1. The number of nitrogens with one attached hydrogen (secondary N) is 1. The number of esters is 1. The van der Waals surface area contributed by atoms with Crippen LogP contribution in [-0.2, 0) is 15.1 Å². The number of alkyl halides is 3. The minimum atomic E-state index is -4.73. The number of hydrogen-bond donors (Lipinski definition) is 1. The van der Waals surface area contributed by atoms with E-state index in [1.54, 1.807) is 20.8 Å². The van der Waals surface area contributed by atoms with Gasteiger partial charge in [-0.25, -0.2) is 0 Å². The molecule has 1 fully saturated rings. The Morgan fingerprint density at radius 1 is 1.08 bits per heavy atom. The highest BCUT2D eigenvalue weighted by Gasteiger charge is 2.40. The van der Waals surface area contributed by atoms with Crippen LogP contribution in [0.1, 0.15) is 39.2 Å². The van der Waals surface area contributed by atoms with E-state index in [-0.39, 0.29) is 11.7 Å². The fourth-order valence-electron chi connectivity index (χ4n) is 2.57. The number of piperidine rings is 1. The zero-order valence-electron chi connectivity index (χ0n) is 14.0. The summed E-state index contributed by atoms with van der Waals surface area (Å²) in [5.74, 6) is -0.627. The molecule has 0 bridgehead atoms. The molecule has 1 N–H and O–H groups in total. The van der Waals surface area contributed by atoms with E-state index in [9.17, 15) is 18.0 Å². The van der Waals surface area contributed by atoms with Gasteiger partial charge in [-0.1, -0.05) is 12.1 Å². The topological polar surface area (TPSA) is 47.6 Å². The highest BCUT2D eigenvalue weighted by molar-refractivity contribution is 5.76. The van der Waals surface area contributed by atoms with Crippen LogP contribution < -0.4 is 10.1 Å². The molecule has 1 aromatic rings. The van der Waals surface area contributed by atoms with Crippen LogP contribution in [-0.4, -0.2) is 25.4 Å². The summed E-state index contributed by atoms with van der Waals surface area (Å²) in [5, 5.41) is 3.20. The Labute approximate surface area is 139 Å². The smallest absolute Gasteiger partial charge is 0.454 e. The molecule has 7 heteroatoms. The molecular formula is C17H22F3NO3. The summed E-state index contributed by atoms with van der Waals surface area (Å²) < 4.78 is 46.5. The minimum absolute atomic E-state index is 0.294. The fourth-order valence-corrected chi connectivity index (χ4v) is 2.57. The number of ether oxygens (including phenoxy) is 2. The van der Waals surface area contributed by atoms with Gasteiger partial charge in [0.1, 0.15) is 11.4 Å². The van der Waals surface area contributed by atoms with Crippen LogP contribution >= 0.6 is 0 Å². The van der Waals surface area contributed by atoms with Crippen molar-refractivity contribution in [2.45, 2.75) is 45.6 Å². The molecule has 0 unspecified atom stereocenters. The van der Waals surface area contributed by atoms with Gasteiger partial charge in [0.05, 0.1) is 5.41 Å². The number of benzene rings is 1. The monoisotopic (exact) mass is 345 g/mol. The maximum atomic E-state index is 12.3. The quantitative estimate of drug-likeness (QED) is 0.848. The third-order valence-corrected chi connectivity index (χ3v) is 3.93. The summed E-state index contributed by atoms with van der Waals surface area (Å²) in [7, 11) is 0. The molecule has 2 rings (SSSR count). The summed E-state index contributed by atoms with van der Waals surface area (Å²) in [6.07, 6.45) is -3.60. The van der Waals surface area contributed by atoms with E-state index < -0.39 is 17.4 Å². The Morgan fingerprint density at radius 2 is 1.62 bits per heavy atom. The summed E-state index contributed by atoms with van der Waals surface area (Å²) >= 11 is 0. The van der Waals surface area contributed by atoms with E-state index in [1.165, 1.54) is 24.3 Å². The molecule has 0 saturated carbocycles. The molecular weight excluding hydrogens is 323 g/mol. The van der Waals surface area contributed by atoms with Gasteiger partial charge in [-0.3, -0.25) is 4.79 Å². The SMILES string of the molecule is CC(C)(C)C(=O)OC1(c2ccc(OC(F)(F)F)cc2)CCNCC1. The van der Waals surface area contributed by atoms with E-state index >= 15 is 0 Å². The molecule has 0 atom stereocenters. The second-order valence-corrected chi connectivity index (χ2v) is 6.96. The highest BCUT2D eigenvalue weighted by atomic mass is 19.4. The fraction of sp³-hybridized carbons (Fsp3) is 0.588. The Hall–Kier alpha value is -1.76. The first-order chi connectivity index (χ1) is 11.0. The minimum Gasteiger partial charge on any atom is -0.454 e. The van der Waals surface area contributed by atoms with Gasteiger partial charge >= 0.3 is 12.3 Å². The van der Waals surface area contributed by atoms with Crippen molar-refractivity contribution in [3.8, 4) is 5.75 Å². The van der Waals surface area contributed by atoms with Gasteiger partial charge in [0.15, 0.2) is 0 Å². The van der Waals surface area contributed by atoms with E-state index in [4.69, 9.17) is 4.74 Å². The standard InChI is InChI=1S/C17H22F3NO3/c1-15(2,3)14(22)24-16(8-10-21-11-9-16)12-4-6-13(7-5-12)23-17(18,19)20/h4-7,21H,8-11H2,1-3H3. The predicted molar refractivity (Wildman–Crippen MR) is 82.5 cm³/mol. The van der Waals surface area contributed by atoms with Crippen LogP contribution in [0.3, 0.4) is 0 Å². The van der Waals surface area contributed by atoms with Gasteiger partial charge < -0.3 is 14.8 Å². The van der Waals surface area contributed by atoms with Crippen molar-refractivity contribution in [1.82, 2.24) is 5.32 Å². The third-order valence-electron chi connectivity index (χ3n) is 3.93. The van der Waals surface area contributed by atoms with E-state index in [2.05, 4.69) is 10.1 Å². The number of hydrogen-bond acceptors (Lipinski definition) is 4. The second-order valence-electron chi connectivity index (χ2n) is 6.96. The van der Waals surface area contributed by atoms with Crippen molar-refractivity contribution in [2.24, 2.45) is 5.41 Å². The molecule has 1 heterocycles. The summed E-state index contributed by atoms with van der Waals surface area (Å²) in [6.45, 7) is 6.63. The van der Waals surface area contributed by atoms with Crippen LogP contribution in [0.4, 0.5) is 13.2 Å². The first kappa shape index (κ1) is 18.6. The van der Waals surface area contributed by atoms with Gasteiger partial charge in [-0.15, -0.1) is 13.2 Å². The zero-order chi connectivity index (χ0) is 18.0. The van der Waals surface area contributed by atoms with E-state index in [1.807, 2.05) is 0 Å². The van der Waals surface area contributed by atoms with Gasteiger partial charge in [0, 0.05) is 12.8 Å². The predicted octanol–water partition coefficient (Wildman–Crippen LogP) is 3.75. The highest BCUT2D eigenvalue weighted by Crippen LogP contribution is 2.38. The lowest BCUT2D eigenvalue weighted by Gasteiger charge is -2.39. The van der Waals surface area contributed by atoms with Crippen molar-refractivity contribution in [3.63, 3.8) is 0 Å². The van der Waals surface area contributed by atoms with Gasteiger partial charge in [-0.05, 0) is 51.6 Å². The number of halogens is 3. The zero-order valence-corrected chi connectivity index (χ0v) is 14.0. The maximum absolute atomic E-state index is 12.3. The molecule has 1 aliphatic heterocycles. The third kappa shape index (κ3) is 4.63. The summed E-state index contributed by atoms with van der Waals surface area (Å²) in [4.78, 5) is 12.3. The van der Waals surface area contributed by atoms with Crippen molar-refractivity contribution >= 4 is 5.97 Å². The number of carbonyl (C=O) groups excluding carboxylic acids is 1. The largest absolute Gasteiger partial charge is 0.573 e. The molecule has 0 aromatic heterocycles. The van der Waals surface area contributed by atoms with Crippen LogP contribution in [0.2, 0.25) is 0 Å². The molecule has 1 aromatic carbocycles. The van der Waals surface area contributed by atoms with Crippen molar-refractivity contribution in [1.29, 1.82) is 0 Å². The molecule has 1 saturated heterocycles. The maximum Gasteiger partial charge on any atom is 0.573 e. The Balaban J connectivity index is 2.26. The van der Waals surface area contributed by atoms with Crippen LogP contribution in [0, 0.1) is 5.41 Å². The second kappa shape index (κ2) is 6.63. The summed E-state index contributed by atoms with van der Waals surface area (Å²) in [5.41, 5.74) is -0.806. The average molecular weight is 345 g/mol. The number of carbonyl (C=O) groups is 1. The molecule has 0 amide bonds. The first-order valence-electron chi connectivity index (χ1n) is 7.82. The van der Waals surface area contributed by atoms with Crippen LogP contribution in [0.25, 0.3) is 0 Å². The lowest BCUT2D eigenvalue weighted by atomic mass is 9.84. The molecule has 24 heavy (non-hydrogen) atoms. The van der Waals surface area contributed by atoms with Gasteiger partial charge in [0.2, 0.25) is 0 Å². The molecule has 4 nitrogen and oxygen atoms in total. The molecule has 134 valence electrons. The number of rotatable bonds is 3. The van der Waals surface area contributed by atoms with Crippen molar-refractivity contribution in [2.75, 3.05) is 13.1 Å². The van der Waals surface area contributed by atoms with E-state index in [0.717, 1.165) is 0 Å². The van der Waals surface area contributed by atoms with Gasteiger partial charge in [0.25, 0.3) is 0 Å². The molecule has 0 aliphatic carbocycles. The summed E-state index contributed by atoms with van der Waals surface area (Å²) in [6, 6.07) is 5.56. The molecule has 1 aliphatic rings. The van der Waals surface area contributed by atoms with Crippen molar-refractivity contribution < 1.29 is 27.4 Å². The average Bonchev–Trinajstić information content (AvgIpc) is 2.46. The van der Waals surface area contributed by atoms with E-state index in [0.29, 0.717) is 31.5 Å². The van der Waals surface area contributed by atoms with Crippen LogP contribution in [0.5, 0.6) is 5.75 Å². The lowest BCUT2D eigenvalue weighted by Crippen LogP contribution is -2.45. The Bertz CT molecular complexity index is 570. The van der Waals surface area contributed by atoms with Crippen LogP contribution in [0.15, 0.2) is 24.3 Å². The van der Waals surface area contributed by atoms with Crippen molar-refractivity contribution in [3.05, 3.63) is 29.8 Å². The molecule has 0 radical (unpaired) electrons. The first-order valence-corrected chi connectivity index (χ1v) is 7.82. The van der Waals surface area contributed by atoms with Gasteiger partial charge in [-0.2, -0.15) is 0 Å². The Morgan fingerprint density at radius 3 is 2.08 bits per heavy atom. The molecule has 0 spiro atoms.